The summed E-state index contributed by atoms with van der Waals surface area (Å²) in [5, 5.41) is 0. The van der Waals surface area contributed by atoms with Gasteiger partial charge >= 0.3 is 0 Å². The molecular weight excluding hydrogens is 292 g/mol. The highest BCUT2D eigenvalue weighted by molar-refractivity contribution is 5.94. The van der Waals surface area contributed by atoms with Crippen molar-refractivity contribution in [2.45, 2.75) is 19.4 Å². The van der Waals surface area contributed by atoms with Gasteiger partial charge in [0.15, 0.2) is 0 Å². The summed E-state index contributed by atoms with van der Waals surface area (Å²) in [5.41, 5.74) is 6.10. The van der Waals surface area contributed by atoms with Gasteiger partial charge in [-0.25, -0.2) is 0 Å². The Bertz CT molecular complexity index is 631. The van der Waals surface area contributed by atoms with Crippen LogP contribution >= 0.6 is 0 Å². The van der Waals surface area contributed by atoms with Gasteiger partial charge in [0.25, 0.3) is 5.91 Å². The molecule has 1 saturated heterocycles. The van der Waals surface area contributed by atoms with Crippen LogP contribution in [0.3, 0.4) is 0 Å². The molecule has 1 fully saturated rings. The SMILES string of the molecule is NCc1cc(C(=O)N2CCC(COc3ccccc3)CC2)co1. The molecule has 5 heteroatoms. The Hall–Kier alpha value is -2.27. The highest BCUT2D eigenvalue weighted by Gasteiger charge is 2.25. The van der Waals surface area contributed by atoms with Crippen LogP contribution in [0.1, 0.15) is 29.0 Å². The Morgan fingerprint density at radius 2 is 2.00 bits per heavy atom. The molecule has 0 atom stereocenters. The molecule has 0 spiro atoms. The maximum absolute atomic E-state index is 12.4. The van der Waals surface area contributed by atoms with E-state index in [1.807, 2.05) is 35.2 Å². The number of hydrogen-bond acceptors (Lipinski definition) is 4. The second-order valence-corrected chi connectivity index (χ2v) is 5.87. The van der Waals surface area contributed by atoms with Crippen molar-refractivity contribution >= 4 is 5.91 Å². The van der Waals surface area contributed by atoms with E-state index in [2.05, 4.69) is 0 Å². The molecule has 1 aliphatic rings. The summed E-state index contributed by atoms with van der Waals surface area (Å²) in [6.07, 6.45) is 3.41. The first kappa shape index (κ1) is 15.6. The number of carbonyl (C=O) groups is 1. The van der Waals surface area contributed by atoms with Gasteiger partial charge in [-0.2, -0.15) is 0 Å². The maximum Gasteiger partial charge on any atom is 0.257 e. The summed E-state index contributed by atoms with van der Waals surface area (Å²) in [4.78, 5) is 14.3. The molecule has 122 valence electrons. The van der Waals surface area contributed by atoms with E-state index in [9.17, 15) is 4.79 Å². The molecule has 2 N–H and O–H groups in total. The molecule has 0 radical (unpaired) electrons. The normalized spacial score (nSPS) is 15.6. The summed E-state index contributed by atoms with van der Waals surface area (Å²) in [6.45, 7) is 2.52. The minimum absolute atomic E-state index is 0.0240. The van der Waals surface area contributed by atoms with E-state index in [1.165, 1.54) is 6.26 Å². The van der Waals surface area contributed by atoms with E-state index in [0.29, 0.717) is 30.4 Å². The molecular formula is C18H22N2O3. The Labute approximate surface area is 136 Å². The Kier molecular flexibility index (Phi) is 4.98. The molecule has 1 aromatic heterocycles. The molecule has 23 heavy (non-hydrogen) atoms. The van der Waals surface area contributed by atoms with Crippen LogP contribution in [0.4, 0.5) is 0 Å². The minimum atomic E-state index is 0.0240. The standard InChI is InChI=1S/C18H22N2O3/c19-11-17-10-15(13-23-17)18(21)20-8-6-14(7-9-20)12-22-16-4-2-1-3-5-16/h1-5,10,13-14H,6-9,11-12,19H2. The topological polar surface area (TPSA) is 68.7 Å². The van der Waals surface area contributed by atoms with Gasteiger partial charge in [-0.15, -0.1) is 0 Å². The van der Waals surface area contributed by atoms with Gasteiger partial charge in [-0.1, -0.05) is 18.2 Å². The van der Waals surface area contributed by atoms with E-state index in [1.54, 1.807) is 6.07 Å². The Morgan fingerprint density at radius 3 is 2.65 bits per heavy atom. The number of ether oxygens (including phenoxy) is 1. The van der Waals surface area contributed by atoms with Crippen molar-refractivity contribution in [2.75, 3.05) is 19.7 Å². The molecule has 1 aliphatic heterocycles. The lowest BCUT2D eigenvalue weighted by Crippen LogP contribution is -2.39. The van der Waals surface area contributed by atoms with Gasteiger partial charge in [0.2, 0.25) is 0 Å². The zero-order chi connectivity index (χ0) is 16.1. The largest absolute Gasteiger partial charge is 0.493 e. The number of amides is 1. The van der Waals surface area contributed by atoms with Gasteiger partial charge in [-0.3, -0.25) is 4.79 Å². The lowest BCUT2D eigenvalue weighted by atomic mass is 9.97. The molecule has 0 saturated carbocycles. The monoisotopic (exact) mass is 314 g/mol. The Balaban J connectivity index is 1.47. The van der Waals surface area contributed by atoms with Crippen LogP contribution in [-0.2, 0) is 6.54 Å². The van der Waals surface area contributed by atoms with E-state index in [0.717, 1.165) is 31.7 Å². The third-order valence-corrected chi connectivity index (χ3v) is 4.23. The number of furan rings is 1. The van der Waals surface area contributed by atoms with Crippen LogP contribution in [0.5, 0.6) is 5.75 Å². The Morgan fingerprint density at radius 1 is 1.26 bits per heavy atom. The van der Waals surface area contributed by atoms with Crippen molar-refractivity contribution in [2.24, 2.45) is 11.7 Å². The number of nitrogens with zero attached hydrogens (tertiary/aromatic N) is 1. The number of para-hydroxylation sites is 1. The molecule has 3 rings (SSSR count). The fourth-order valence-electron chi connectivity index (χ4n) is 2.82. The zero-order valence-electron chi connectivity index (χ0n) is 13.1. The van der Waals surface area contributed by atoms with Gasteiger partial charge in [-0.05, 0) is 37.0 Å². The van der Waals surface area contributed by atoms with Crippen molar-refractivity contribution in [3.05, 3.63) is 54.0 Å². The number of nitrogens with two attached hydrogens (primary N) is 1. The van der Waals surface area contributed by atoms with Crippen LogP contribution in [-0.4, -0.2) is 30.5 Å². The summed E-state index contributed by atoms with van der Waals surface area (Å²) in [6, 6.07) is 11.6. The smallest absolute Gasteiger partial charge is 0.257 e. The molecule has 0 unspecified atom stereocenters. The van der Waals surface area contributed by atoms with E-state index < -0.39 is 0 Å². The van der Waals surface area contributed by atoms with Crippen LogP contribution < -0.4 is 10.5 Å². The highest BCUT2D eigenvalue weighted by atomic mass is 16.5. The third-order valence-electron chi connectivity index (χ3n) is 4.23. The average Bonchev–Trinajstić information content (AvgIpc) is 3.10. The molecule has 0 aliphatic carbocycles. The van der Waals surface area contributed by atoms with E-state index >= 15 is 0 Å². The van der Waals surface area contributed by atoms with Gasteiger partial charge in [0, 0.05) is 13.1 Å². The van der Waals surface area contributed by atoms with E-state index in [-0.39, 0.29) is 5.91 Å². The van der Waals surface area contributed by atoms with Crippen molar-refractivity contribution in [1.82, 2.24) is 4.90 Å². The first-order valence-corrected chi connectivity index (χ1v) is 8.01. The summed E-state index contributed by atoms with van der Waals surface area (Å²) in [7, 11) is 0. The maximum atomic E-state index is 12.4. The lowest BCUT2D eigenvalue weighted by molar-refractivity contribution is 0.0660. The summed E-state index contributed by atoms with van der Waals surface area (Å²) >= 11 is 0. The van der Waals surface area contributed by atoms with Crippen molar-refractivity contribution < 1.29 is 13.9 Å². The molecule has 5 nitrogen and oxygen atoms in total. The highest BCUT2D eigenvalue weighted by Crippen LogP contribution is 2.21. The number of likely N-dealkylation sites (tertiary alicyclic amines) is 1. The fraction of sp³-hybridized carbons (Fsp3) is 0.389. The lowest BCUT2D eigenvalue weighted by Gasteiger charge is -2.31. The summed E-state index contributed by atoms with van der Waals surface area (Å²) in [5.74, 6) is 2.05. The first-order valence-electron chi connectivity index (χ1n) is 8.01. The van der Waals surface area contributed by atoms with Crippen molar-refractivity contribution in [3.8, 4) is 5.75 Å². The van der Waals surface area contributed by atoms with Crippen molar-refractivity contribution in [1.29, 1.82) is 0 Å². The van der Waals surface area contributed by atoms with Crippen LogP contribution in [0, 0.1) is 5.92 Å². The van der Waals surface area contributed by atoms with Crippen molar-refractivity contribution in [3.63, 3.8) is 0 Å². The number of benzene rings is 1. The van der Waals surface area contributed by atoms with Crippen LogP contribution in [0.15, 0.2) is 47.1 Å². The molecule has 2 heterocycles. The zero-order valence-corrected chi connectivity index (χ0v) is 13.1. The number of carbonyl (C=O) groups excluding carboxylic acids is 1. The summed E-state index contributed by atoms with van der Waals surface area (Å²) < 4.78 is 11.1. The quantitative estimate of drug-likeness (QED) is 0.921. The molecule has 1 aromatic carbocycles. The first-order chi connectivity index (χ1) is 11.3. The number of hydrogen-bond donors (Lipinski definition) is 1. The van der Waals surface area contributed by atoms with E-state index in [4.69, 9.17) is 14.9 Å². The second-order valence-electron chi connectivity index (χ2n) is 5.87. The minimum Gasteiger partial charge on any atom is -0.493 e. The predicted molar refractivity (Wildman–Crippen MR) is 87.2 cm³/mol. The number of piperidine rings is 1. The van der Waals surface area contributed by atoms with Gasteiger partial charge in [0.05, 0.1) is 18.7 Å². The van der Waals surface area contributed by atoms with Gasteiger partial charge in [0.1, 0.15) is 17.8 Å². The predicted octanol–water partition coefficient (Wildman–Crippen LogP) is 2.67. The molecule has 2 aromatic rings. The molecule has 1 amide bonds. The second kappa shape index (κ2) is 7.33. The average molecular weight is 314 g/mol. The number of rotatable bonds is 5. The fourth-order valence-corrected chi connectivity index (χ4v) is 2.82. The third kappa shape index (κ3) is 3.93. The molecule has 0 bridgehead atoms. The van der Waals surface area contributed by atoms with Gasteiger partial charge < -0.3 is 19.8 Å². The van der Waals surface area contributed by atoms with Crippen LogP contribution in [0.25, 0.3) is 0 Å². The van der Waals surface area contributed by atoms with Crippen LogP contribution in [0.2, 0.25) is 0 Å².